The lowest BCUT2D eigenvalue weighted by Crippen LogP contribution is -2.02. The summed E-state index contributed by atoms with van der Waals surface area (Å²) in [5, 5.41) is 0. The average molecular weight is 211 g/mol. The van der Waals surface area contributed by atoms with Gasteiger partial charge in [0.1, 0.15) is 5.82 Å². The number of hydrogen-bond donors (Lipinski definition) is 1. The molecule has 0 unspecified atom stereocenters. The Balaban J connectivity index is 2.55. The van der Waals surface area contributed by atoms with E-state index < -0.39 is 0 Å². The van der Waals surface area contributed by atoms with Gasteiger partial charge < -0.3 is 10.3 Å². The van der Waals surface area contributed by atoms with Gasteiger partial charge in [-0.05, 0) is 24.9 Å². The van der Waals surface area contributed by atoms with E-state index in [0.717, 1.165) is 36.7 Å². The summed E-state index contributed by atoms with van der Waals surface area (Å²) in [5.41, 5.74) is 6.93. The van der Waals surface area contributed by atoms with Gasteiger partial charge in [-0.25, -0.2) is 4.98 Å². The summed E-state index contributed by atoms with van der Waals surface area (Å²) in [4.78, 5) is 4.29. The third-order valence-corrected chi connectivity index (χ3v) is 2.74. The zero-order valence-electron chi connectivity index (χ0n) is 8.57. The number of imidazole rings is 1. The van der Waals surface area contributed by atoms with E-state index >= 15 is 0 Å². The molecule has 0 aliphatic rings. The summed E-state index contributed by atoms with van der Waals surface area (Å²) in [5.74, 6) is 1.94. The summed E-state index contributed by atoms with van der Waals surface area (Å²) in [6.07, 6.45) is 7.82. The molecular weight excluding hydrogens is 194 g/mol. The minimum atomic E-state index is 0.737. The van der Waals surface area contributed by atoms with E-state index in [0.29, 0.717) is 0 Å². The number of rotatable bonds is 6. The summed E-state index contributed by atoms with van der Waals surface area (Å²) in [6, 6.07) is 0. The molecule has 0 aliphatic heterocycles. The second kappa shape index (κ2) is 5.75. The first-order valence-corrected chi connectivity index (χ1v) is 6.08. The molecule has 0 amide bonds. The maximum Gasteiger partial charge on any atom is 0.126 e. The number of thioether (sulfide) groups is 1. The van der Waals surface area contributed by atoms with Crippen LogP contribution in [0.2, 0.25) is 0 Å². The lowest BCUT2D eigenvalue weighted by Gasteiger charge is -2.01. The van der Waals surface area contributed by atoms with Crippen LogP contribution in [0, 0.1) is 0 Å². The van der Waals surface area contributed by atoms with Crippen LogP contribution in [0.5, 0.6) is 0 Å². The molecule has 0 spiro atoms. The fourth-order valence-corrected chi connectivity index (χ4v) is 1.73. The number of nitrogen functional groups attached to an aromatic ring is 1. The molecule has 0 fully saturated rings. The number of nitrogens with two attached hydrogens (primary N) is 1. The Labute approximate surface area is 89.4 Å². The number of hydrogen-bond acceptors (Lipinski definition) is 3. The quantitative estimate of drug-likeness (QED) is 0.578. The van der Waals surface area contributed by atoms with Crippen molar-refractivity contribution in [3.8, 4) is 0 Å². The van der Waals surface area contributed by atoms with Gasteiger partial charge in [0, 0.05) is 6.54 Å². The van der Waals surface area contributed by atoms with Crippen LogP contribution < -0.4 is 5.73 Å². The molecule has 0 aliphatic carbocycles. The predicted molar refractivity (Wildman–Crippen MR) is 63.5 cm³/mol. The number of anilines is 1. The first-order chi connectivity index (χ1) is 6.79. The van der Waals surface area contributed by atoms with Gasteiger partial charge in [0.05, 0.1) is 12.0 Å². The zero-order valence-corrected chi connectivity index (χ0v) is 9.39. The van der Waals surface area contributed by atoms with Crippen molar-refractivity contribution in [3.63, 3.8) is 0 Å². The molecule has 0 saturated carbocycles. The van der Waals surface area contributed by atoms with Crippen molar-refractivity contribution in [2.75, 3.05) is 17.7 Å². The van der Waals surface area contributed by atoms with Gasteiger partial charge in [0.2, 0.25) is 0 Å². The van der Waals surface area contributed by atoms with E-state index in [9.17, 15) is 0 Å². The molecule has 4 heteroatoms. The third-order valence-electron chi connectivity index (χ3n) is 2.05. The van der Waals surface area contributed by atoms with Gasteiger partial charge in [-0.3, -0.25) is 0 Å². The van der Waals surface area contributed by atoms with Gasteiger partial charge >= 0.3 is 0 Å². The Morgan fingerprint density at radius 2 is 2.50 bits per heavy atom. The molecule has 0 bridgehead atoms. The minimum Gasteiger partial charge on any atom is -0.384 e. The average Bonchev–Trinajstić information content (AvgIpc) is 2.51. The first kappa shape index (κ1) is 11.2. The molecule has 3 nitrogen and oxygen atoms in total. The van der Waals surface area contributed by atoms with Crippen molar-refractivity contribution in [3.05, 3.63) is 24.7 Å². The van der Waals surface area contributed by atoms with Crippen LogP contribution in [0.3, 0.4) is 0 Å². The predicted octanol–water partition coefficient (Wildman–Crippen LogP) is 1.95. The molecule has 1 aromatic rings. The van der Waals surface area contributed by atoms with E-state index in [1.54, 1.807) is 6.33 Å². The van der Waals surface area contributed by atoms with Crippen LogP contribution in [0.4, 0.5) is 5.82 Å². The molecule has 0 aromatic carbocycles. The molecule has 14 heavy (non-hydrogen) atoms. The first-order valence-electron chi connectivity index (χ1n) is 4.69. The Kier molecular flexibility index (Phi) is 4.59. The van der Waals surface area contributed by atoms with Crippen molar-refractivity contribution >= 4 is 17.6 Å². The maximum atomic E-state index is 5.92. The fourth-order valence-electron chi connectivity index (χ4n) is 1.29. The Morgan fingerprint density at radius 1 is 1.71 bits per heavy atom. The molecule has 1 heterocycles. The fraction of sp³-hybridized carbons (Fsp3) is 0.500. The summed E-state index contributed by atoms with van der Waals surface area (Å²) in [6.45, 7) is 4.41. The molecule has 0 radical (unpaired) electrons. The third kappa shape index (κ3) is 2.80. The van der Waals surface area contributed by atoms with Crippen molar-refractivity contribution in [2.24, 2.45) is 0 Å². The summed E-state index contributed by atoms with van der Waals surface area (Å²) < 4.78 is 1.92. The van der Waals surface area contributed by atoms with E-state index in [-0.39, 0.29) is 0 Å². The highest BCUT2D eigenvalue weighted by Gasteiger charge is 2.05. The highest BCUT2D eigenvalue weighted by Crippen LogP contribution is 2.13. The molecule has 0 atom stereocenters. The van der Waals surface area contributed by atoms with E-state index in [1.165, 1.54) is 0 Å². The van der Waals surface area contributed by atoms with Gasteiger partial charge in [-0.2, -0.15) is 11.8 Å². The van der Waals surface area contributed by atoms with Gasteiger partial charge in [0.15, 0.2) is 0 Å². The second-order valence-electron chi connectivity index (χ2n) is 3.11. The van der Waals surface area contributed by atoms with E-state index in [4.69, 9.17) is 5.73 Å². The second-order valence-corrected chi connectivity index (χ2v) is 4.10. The maximum absolute atomic E-state index is 5.92. The van der Waals surface area contributed by atoms with Crippen molar-refractivity contribution in [2.45, 2.75) is 19.4 Å². The lowest BCUT2D eigenvalue weighted by atomic mass is 10.2. The van der Waals surface area contributed by atoms with Crippen LogP contribution in [-0.2, 0) is 13.0 Å². The lowest BCUT2D eigenvalue weighted by molar-refractivity contribution is 0.831. The van der Waals surface area contributed by atoms with Crippen molar-refractivity contribution in [1.29, 1.82) is 0 Å². The van der Waals surface area contributed by atoms with Gasteiger partial charge in [-0.1, -0.05) is 6.08 Å². The van der Waals surface area contributed by atoms with Crippen LogP contribution >= 0.6 is 11.8 Å². The number of aryl methyl sites for hydroxylation is 1. The molecule has 0 saturated heterocycles. The molecule has 2 N–H and O–H groups in total. The van der Waals surface area contributed by atoms with Crippen LogP contribution in [0.25, 0.3) is 0 Å². The standard InChI is InChI=1S/C10H17N3S/c1-3-6-13-8-12-9(10(13)11)5-4-7-14-2/h3,8H,1,4-7,11H2,2H3. The highest BCUT2D eigenvalue weighted by atomic mass is 32.2. The SMILES string of the molecule is C=CCn1cnc(CCCSC)c1N. The van der Waals surface area contributed by atoms with Crippen molar-refractivity contribution < 1.29 is 0 Å². The van der Waals surface area contributed by atoms with Crippen molar-refractivity contribution in [1.82, 2.24) is 9.55 Å². The van der Waals surface area contributed by atoms with Crippen LogP contribution in [0.15, 0.2) is 19.0 Å². The Hall–Kier alpha value is -0.900. The minimum absolute atomic E-state index is 0.737. The number of allylic oxidation sites excluding steroid dienone is 1. The number of aromatic nitrogens is 2. The monoisotopic (exact) mass is 211 g/mol. The normalized spacial score (nSPS) is 10.4. The topological polar surface area (TPSA) is 43.8 Å². The molecular formula is C10H17N3S. The number of nitrogens with zero attached hydrogens (tertiary/aromatic N) is 2. The smallest absolute Gasteiger partial charge is 0.126 e. The summed E-state index contributed by atoms with van der Waals surface area (Å²) >= 11 is 1.85. The largest absolute Gasteiger partial charge is 0.384 e. The Morgan fingerprint density at radius 3 is 3.14 bits per heavy atom. The van der Waals surface area contributed by atoms with E-state index in [1.807, 2.05) is 22.4 Å². The van der Waals surface area contributed by atoms with Crippen LogP contribution in [-0.4, -0.2) is 21.6 Å². The van der Waals surface area contributed by atoms with Gasteiger partial charge in [-0.15, -0.1) is 6.58 Å². The Bertz CT molecular complexity index is 294. The van der Waals surface area contributed by atoms with Crippen LogP contribution in [0.1, 0.15) is 12.1 Å². The van der Waals surface area contributed by atoms with E-state index in [2.05, 4.69) is 17.8 Å². The molecule has 1 rings (SSSR count). The molecule has 1 aromatic heterocycles. The highest BCUT2D eigenvalue weighted by molar-refractivity contribution is 7.98. The summed E-state index contributed by atoms with van der Waals surface area (Å²) in [7, 11) is 0. The zero-order chi connectivity index (χ0) is 10.4. The molecule has 78 valence electrons. The van der Waals surface area contributed by atoms with Gasteiger partial charge in [0.25, 0.3) is 0 Å².